The van der Waals surface area contributed by atoms with E-state index < -0.39 is 0 Å². The Bertz CT molecular complexity index is 267. The zero-order valence-corrected chi connectivity index (χ0v) is 12.5. The minimum absolute atomic E-state index is 0. The fourth-order valence-electron chi connectivity index (χ4n) is 2.31. The lowest BCUT2D eigenvalue weighted by Gasteiger charge is -2.25. The van der Waals surface area contributed by atoms with Gasteiger partial charge < -0.3 is 15.4 Å². The summed E-state index contributed by atoms with van der Waals surface area (Å²) in [6.07, 6.45) is 2.74. The Morgan fingerprint density at radius 1 is 1.61 bits per heavy atom. The number of nitrogens with one attached hydrogen (secondary N) is 2. The van der Waals surface area contributed by atoms with Crippen molar-refractivity contribution in [2.75, 3.05) is 31.2 Å². The Hall–Kier alpha value is 0.0300. The second kappa shape index (κ2) is 7.58. The summed E-state index contributed by atoms with van der Waals surface area (Å²) in [7, 11) is 0. The zero-order chi connectivity index (χ0) is 12.1. The monoisotopic (exact) mass is 294 g/mol. The third-order valence-electron chi connectivity index (χ3n) is 3.39. The molecule has 18 heavy (non-hydrogen) atoms. The molecule has 2 aliphatic heterocycles. The molecule has 2 aliphatic rings. The summed E-state index contributed by atoms with van der Waals surface area (Å²) in [6, 6.07) is 0.339. The van der Waals surface area contributed by atoms with Gasteiger partial charge in [-0.1, -0.05) is 0 Å². The number of ether oxygens (including phenoxy) is 1. The molecule has 2 saturated heterocycles. The number of carbonyl (C=O) groups is 1. The van der Waals surface area contributed by atoms with Gasteiger partial charge in [-0.25, -0.2) is 0 Å². The van der Waals surface area contributed by atoms with Gasteiger partial charge in [0, 0.05) is 43.7 Å². The van der Waals surface area contributed by atoms with E-state index in [0.717, 1.165) is 37.5 Å². The van der Waals surface area contributed by atoms with Gasteiger partial charge in [-0.2, -0.15) is 11.8 Å². The average molecular weight is 295 g/mol. The van der Waals surface area contributed by atoms with E-state index in [0.29, 0.717) is 19.0 Å². The molecular formula is C12H23ClN2O2S. The van der Waals surface area contributed by atoms with Gasteiger partial charge in [-0.05, 0) is 19.8 Å². The smallest absolute Gasteiger partial charge is 0.221 e. The average Bonchev–Trinajstić information content (AvgIpc) is 2.76. The summed E-state index contributed by atoms with van der Waals surface area (Å²) in [6.45, 7) is 4.57. The van der Waals surface area contributed by atoms with Crippen LogP contribution in [0.25, 0.3) is 0 Å². The van der Waals surface area contributed by atoms with Crippen molar-refractivity contribution in [2.24, 2.45) is 0 Å². The quantitative estimate of drug-likeness (QED) is 0.818. The Balaban J connectivity index is 0.00000162. The molecule has 0 aromatic rings. The molecule has 1 amide bonds. The molecule has 6 heteroatoms. The summed E-state index contributed by atoms with van der Waals surface area (Å²) in [5, 5.41) is 6.37. The minimum atomic E-state index is -0.135. The summed E-state index contributed by atoms with van der Waals surface area (Å²) in [4.78, 5) is 11.8. The molecular weight excluding hydrogens is 272 g/mol. The highest BCUT2D eigenvalue weighted by Crippen LogP contribution is 2.23. The Kier molecular flexibility index (Phi) is 6.77. The van der Waals surface area contributed by atoms with Crippen molar-refractivity contribution in [3.63, 3.8) is 0 Å². The summed E-state index contributed by atoms with van der Waals surface area (Å²) >= 11 is 1.92. The Morgan fingerprint density at radius 3 is 3.06 bits per heavy atom. The fourth-order valence-corrected chi connectivity index (χ4v) is 3.26. The molecule has 0 spiro atoms. The van der Waals surface area contributed by atoms with Crippen molar-refractivity contribution in [1.82, 2.24) is 10.6 Å². The SMILES string of the molecule is CC1(CNC(=O)CC2CSCCN2)CCCO1.Cl. The number of halogens is 1. The Morgan fingerprint density at radius 2 is 2.44 bits per heavy atom. The standard InChI is InChI=1S/C12H22N2O2S.ClH/c1-12(3-2-5-16-12)9-14-11(15)7-10-8-17-6-4-13-10;/h10,13H,2-9H2,1H3,(H,14,15);1H. The molecule has 0 saturated carbocycles. The molecule has 106 valence electrons. The van der Waals surface area contributed by atoms with Gasteiger partial charge in [0.25, 0.3) is 0 Å². The zero-order valence-electron chi connectivity index (χ0n) is 10.9. The van der Waals surface area contributed by atoms with Crippen LogP contribution in [0.5, 0.6) is 0 Å². The number of hydrogen-bond acceptors (Lipinski definition) is 4. The summed E-state index contributed by atoms with van der Waals surface area (Å²) in [5.74, 6) is 2.34. The molecule has 0 bridgehead atoms. The van der Waals surface area contributed by atoms with Crippen LogP contribution in [0, 0.1) is 0 Å². The van der Waals surface area contributed by atoms with Crippen LogP contribution in [0.2, 0.25) is 0 Å². The highest BCUT2D eigenvalue weighted by molar-refractivity contribution is 7.99. The van der Waals surface area contributed by atoms with Crippen molar-refractivity contribution < 1.29 is 9.53 Å². The van der Waals surface area contributed by atoms with Crippen molar-refractivity contribution in [1.29, 1.82) is 0 Å². The van der Waals surface area contributed by atoms with E-state index in [1.54, 1.807) is 0 Å². The number of thioether (sulfide) groups is 1. The molecule has 4 nitrogen and oxygen atoms in total. The normalized spacial score (nSPS) is 31.7. The molecule has 2 rings (SSSR count). The predicted octanol–water partition coefficient (Wildman–Crippen LogP) is 1.19. The predicted molar refractivity (Wildman–Crippen MR) is 77.6 cm³/mol. The molecule has 0 aromatic heterocycles. The van der Waals surface area contributed by atoms with Crippen LogP contribution in [-0.4, -0.2) is 48.8 Å². The number of carbonyl (C=O) groups excluding carboxylic acids is 1. The van der Waals surface area contributed by atoms with Crippen LogP contribution in [0.3, 0.4) is 0 Å². The van der Waals surface area contributed by atoms with Gasteiger partial charge in [0.15, 0.2) is 0 Å². The maximum Gasteiger partial charge on any atom is 0.221 e. The van der Waals surface area contributed by atoms with E-state index >= 15 is 0 Å². The van der Waals surface area contributed by atoms with Crippen LogP contribution in [0.1, 0.15) is 26.2 Å². The highest BCUT2D eigenvalue weighted by atomic mass is 35.5. The van der Waals surface area contributed by atoms with Gasteiger partial charge in [0.2, 0.25) is 5.91 Å². The molecule has 2 unspecified atom stereocenters. The first-order chi connectivity index (χ1) is 8.18. The van der Waals surface area contributed by atoms with Crippen LogP contribution in [0.15, 0.2) is 0 Å². The molecule has 2 fully saturated rings. The first kappa shape index (κ1) is 16.1. The molecule has 2 N–H and O–H groups in total. The molecule has 0 aromatic carbocycles. The maximum atomic E-state index is 11.8. The Labute approximate surface area is 119 Å². The van der Waals surface area contributed by atoms with E-state index in [1.807, 2.05) is 11.8 Å². The van der Waals surface area contributed by atoms with Gasteiger partial charge in [-0.15, -0.1) is 12.4 Å². The summed E-state index contributed by atoms with van der Waals surface area (Å²) < 4.78 is 5.65. The molecule has 2 heterocycles. The van der Waals surface area contributed by atoms with E-state index in [4.69, 9.17) is 4.74 Å². The van der Waals surface area contributed by atoms with Crippen LogP contribution >= 0.6 is 24.2 Å². The first-order valence-electron chi connectivity index (χ1n) is 6.40. The molecule has 2 atom stereocenters. The van der Waals surface area contributed by atoms with Crippen LogP contribution in [0.4, 0.5) is 0 Å². The summed E-state index contributed by atoms with van der Waals surface area (Å²) in [5.41, 5.74) is -0.135. The topological polar surface area (TPSA) is 50.4 Å². The van der Waals surface area contributed by atoms with E-state index in [-0.39, 0.29) is 23.9 Å². The lowest BCUT2D eigenvalue weighted by atomic mass is 10.0. The van der Waals surface area contributed by atoms with Crippen molar-refractivity contribution in [2.45, 2.75) is 37.8 Å². The van der Waals surface area contributed by atoms with Crippen LogP contribution < -0.4 is 10.6 Å². The van der Waals surface area contributed by atoms with E-state index in [2.05, 4.69) is 17.6 Å². The van der Waals surface area contributed by atoms with Gasteiger partial charge in [-0.3, -0.25) is 4.79 Å². The lowest BCUT2D eigenvalue weighted by Crippen LogP contribution is -2.44. The second-order valence-corrected chi connectivity index (χ2v) is 6.26. The van der Waals surface area contributed by atoms with E-state index in [9.17, 15) is 4.79 Å². The third-order valence-corrected chi connectivity index (χ3v) is 4.52. The first-order valence-corrected chi connectivity index (χ1v) is 7.55. The highest BCUT2D eigenvalue weighted by Gasteiger charge is 2.30. The fraction of sp³-hybridized carbons (Fsp3) is 0.917. The van der Waals surface area contributed by atoms with Gasteiger partial charge >= 0.3 is 0 Å². The minimum Gasteiger partial charge on any atom is -0.373 e. The number of amides is 1. The number of hydrogen-bond donors (Lipinski definition) is 2. The second-order valence-electron chi connectivity index (χ2n) is 5.11. The van der Waals surface area contributed by atoms with Crippen LogP contribution in [-0.2, 0) is 9.53 Å². The third kappa shape index (κ3) is 4.96. The molecule has 0 aliphatic carbocycles. The largest absolute Gasteiger partial charge is 0.373 e. The molecule has 0 radical (unpaired) electrons. The van der Waals surface area contributed by atoms with Crippen molar-refractivity contribution in [3.8, 4) is 0 Å². The van der Waals surface area contributed by atoms with E-state index in [1.165, 1.54) is 0 Å². The van der Waals surface area contributed by atoms with Gasteiger partial charge in [0.1, 0.15) is 0 Å². The number of rotatable bonds is 4. The lowest BCUT2D eigenvalue weighted by molar-refractivity contribution is -0.122. The van der Waals surface area contributed by atoms with Crippen molar-refractivity contribution >= 4 is 30.1 Å². The maximum absolute atomic E-state index is 11.8. The van der Waals surface area contributed by atoms with Gasteiger partial charge in [0.05, 0.1) is 5.60 Å². The van der Waals surface area contributed by atoms with Crippen molar-refractivity contribution in [3.05, 3.63) is 0 Å².